The van der Waals surface area contributed by atoms with Gasteiger partial charge in [0.2, 0.25) is 0 Å². The fraction of sp³-hybridized carbons (Fsp3) is 0.167. The van der Waals surface area contributed by atoms with Crippen molar-refractivity contribution in [1.29, 1.82) is 0 Å². The summed E-state index contributed by atoms with van der Waals surface area (Å²) < 4.78 is 5.32. The maximum Gasteiger partial charge on any atom is 0.268 e. The minimum absolute atomic E-state index is 0.118. The van der Waals surface area contributed by atoms with E-state index in [0.717, 1.165) is 16.7 Å². The lowest BCUT2D eigenvalue weighted by Crippen LogP contribution is -2.36. The summed E-state index contributed by atoms with van der Waals surface area (Å²) in [5, 5.41) is 5.66. The van der Waals surface area contributed by atoms with Crippen molar-refractivity contribution in [1.82, 2.24) is 10.6 Å². The second-order valence-electron chi connectivity index (χ2n) is 6.95. The first-order valence-electron chi connectivity index (χ1n) is 9.43. The molecule has 148 valence electrons. The molecule has 0 saturated carbocycles. The van der Waals surface area contributed by atoms with E-state index in [0.29, 0.717) is 11.3 Å². The molecule has 1 atom stereocenters. The highest BCUT2D eigenvalue weighted by atomic mass is 16.3. The van der Waals surface area contributed by atoms with Gasteiger partial charge in [0.15, 0.2) is 0 Å². The van der Waals surface area contributed by atoms with Gasteiger partial charge >= 0.3 is 0 Å². The second kappa shape index (κ2) is 9.06. The van der Waals surface area contributed by atoms with E-state index in [1.165, 1.54) is 12.3 Å². The molecule has 0 unspecified atom stereocenters. The fourth-order valence-corrected chi connectivity index (χ4v) is 2.90. The zero-order chi connectivity index (χ0) is 20.8. The number of benzene rings is 2. The van der Waals surface area contributed by atoms with E-state index >= 15 is 0 Å². The number of carbonyl (C=O) groups excluding carboxylic acids is 2. The van der Waals surface area contributed by atoms with Gasteiger partial charge in [-0.1, -0.05) is 48.0 Å². The lowest BCUT2D eigenvalue weighted by atomic mass is 10.1. The molecule has 0 fully saturated rings. The van der Waals surface area contributed by atoms with Crippen molar-refractivity contribution >= 4 is 17.9 Å². The smallest absolute Gasteiger partial charge is 0.268 e. The van der Waals surface area contributed by atoms with Gasteiger partial charge in [-0.15, -0.1) is 0 Å². The summed E-state index contributed by atoms with van der Waals surface area (Å²) in [4.78, 5) is 25.7. The van der Waals surface area contributed by atoms with Crippen molar-refractivity contribution in [3.63, 3.8) is 0 Å². The van der Waals surface area contributed by atoms with Crippen molar-refractivity contribution in [2.75, 3.05) is 0 Å². The molecule has 1 aromatic heterocycles. The average Bonchev–Trinajstić information content (AvgIpc) is 3.21. The van der Waals surface area contributed by atoms with Crippen molar-refractivity contribution in [2.45, 2.75) is 26.8 Å². The van der Waals surface area contributed by atoms with Crippen LogP contribution in [0.15, 0.2) is 77.0 Å². The third-order valence-corrected chi connectivity index (χ3v) is 4.64. The second-order valence-corrected chi connectivity index (χ2v) is 6.95. The van der Waals surface area contributed by atoms with Gasteiger partial charge in [-0.2, -0.15) is 0 Å². The Morgan fingerprint density at radius 3 is 2.34 bits per heavy atom. The first kappa shape index (κ1) is 20.1. The third kappa shape index (κ3) is 5.23. The molecule has 0 radical (unpaired) electrons. The van der Waals surface area contributed by atoms with E-state index in [1.807, 2.05) is 57.2 Å². The zero-order valence-corrected chi connectivity index (χ0v) is 16.7. The molecule has 3 rings (SSSR count). The van der Waals surface area contributed by atoms with Gasteiger partial charge in [-0.05, 0) is 50.1 Å². The Hall–Kier alpha value is -3.60. The van der Waals surface area contributed by atoms with Crippen LogP contribution in [0, 0.1) is 13.8 Å². The minimum Gasteiger partial charge on any atom is -0.465 e. The number of nitrogens with one attached hydrogen (secondary N) is 2. The largest absolute Gasteiger partial charge is 0.465 e. The van der Waals surface area contributed by atoms with E-state index in [9.17, 15) is 9.59 Å². The van der Waals surface area contributed by atoms with Crippen LogP contribution in [0.5, 0.6) is 0 Å². The Morgan fingerprint density at radius 1 is 0.966 bits per heavy atom. The quantitative estimate of drug-likeness (QED) is 0.609. The van der Waals surface area contributed by atoms with Crippen molar-refractivity contribution < 1.29 is 14.0 Å². The van der Waals surface area contributed by atoms with Crippen molar-refractivity contribution in [3.05, 3.63) is 101 Å². The summed E-state index contributed by atoms with van der Waals surface area (Å²) in [6.07, 6.45) is 3.03. The Morgan fingerprint density at radius 2 is 1.69 bits per heavy atom. The lowest BCUT2D eigenvalue weighted by molar-refractivity contribution is -0.118. The van der Waals surface area contributed by atoms with Crippen LogP contribution in [0.2, 0.25) is 0 Å². The average molecular weight is 388 g/mol. The standard InChI is InChI=1S/C24H24N2O3/c1-16-10-12-19(13-11-16)18(3)25-24(28)22(15-20-8-6-14-29-20)26-23(27)21-9-5-4-7-17(21)2/h4-15,18H,1-3H3,(H,25,28)(H,26,27)/b22-15-/t18-/m1/s1. The Bertz CT molecular complexity index is 1020. The normalized spacial score (nSPS) is 12.3. The first-order valence-corrected chi connectivity index (χ1v) is 9.43. The summed E-state index contributed by atoms with van der Waals surface area (Å²) in [7, 11) is 0. The summed E-state index contributed by atoms with van der Waals surface area (Å²) in [6, 6.07) is 18.4. The van der Waals surface area contributed by atoms with E-state index in [4.69, 9.17) is 4.42 Å². The van der Waals surface area contributed by atoms with E-state index in [-0.39, 0.29) is 17.6 Å². The fourth-order valence-electron chi connectivity index (χ4n) is 2.90. The van der Waals surface area contributed by atoms with Gasteiger partial charge in [0.05, 0.1) is 12.3 Å². The molecule has 1 heterocycles. The van der Waals surface area contributed by atoms with Crippen LogP contribution < -0.4 is 10.6 Å². The molecule has 0 bridgehead atoms. The molecule has 0 aliphatic carbocycles. The SMILES string of the molecule is Cc1ccc([C@@H](C)NC(=O)/C(=C/c2ccco2)NC(=O)c2ccccc2C)cc1. The number of hydrogen-bond acceptors (Lipinski definition) is 3. The number of amides is 2. The number of hydrogen-bond donors (Lipinski definition) is 2. The maximum absolute atomic E-state index is 12.9. The van der Waals surface area contributed by atoms with Gasteiger partial charge < -0.3 is 15.1 Å². The lowest BCUT2D eigenvalue weighted by Gasteiger charge is -2.17. The molecule has 29 heavy (non-hydrogen) atoms. The Labute approximate surface area is 170 Å². The molecule has 2 N–H and O–H groups in total. The molecule has 5 nitrogen and oxygen atoms in total. The monoisotopic (exact) mass is 388 g/mol. The van der Waals surface area contributed by atoms with Gasteiger partial charge in [-0.25, -0.2) is 0 Å². The number of aryl methyl sites for hydroxylation is 2. The summed E-state index contributed by atoms with van der Waals surface area (Å²) in [5.74, 6) is -0.265. The molecule has 3 aromatic rings. The van der Waals surface area contributed by atoms with Crippen LogP contribution in [0.1, 0.15) is 45.8 Å². The third-order valence-electron chi connectivity index (χ3n) is 4.64. The molecule has 0 aliphatic heterocycles. The zero-order valence-electron chi connectivity index (χ0n) is 16.7. The minimum atomic E-state index is -0.392. The van der Waals surface area contributed by atoms with E-state index < -0.39 is 5.91 Å². The molecular formula is C24H24N2O3. The first-order chi connectivity index (χ1) is 13.9. The summed E-state index contributed by atoms with van der Waals surface area (Å²) in [5.41, 5.74) is 3.59. The summed E-state index contributed by atoms with van der Waals surface area (Å²) >= 11 is 0. The topological polar surface area (TPSA) is 71.3 Å². The molecule has 0 saturated heterocycles. The molecule has 0 aliphatic rings. The van der Waals surface area contributed by atoms with Gasteiger partial charge in [0.1, 0.15) is 11.5 Å². The Kier molecular flexibility index (Phi) is 6.29. The number of rotatable bonds is 6. The van der Waals surface area contributed by atoms with E-state index in [1.54, 1.807) is 24.3 Å². The molecule has 2 amide bonds. The van der Waals surface area contributed by atoms with Gasteiger partial charge in [0.25, 0.3) is 11.8 Å². The van der Waals surface area contributed by atoms with Crippen LogP contribution in [-0.2, 0) is 4.79 Å². The molecular weight excluding hydrogens is 364 g/mol. The van der Waals surface area contributed by atoms with Crippen LogP contribution in [0.3, 0.4) is 0 Å². The van der Waals surface area contributed by atoms with E-state index in [2.05, 4.69) is 10.6 Å². The Balaban J connectivity index is 1.81. The van der Waals surface area contributed by atoms with Crippen LogP contribution in [-0.4, -0.2) is 11.8 Å². The maximum atomic E-state index is 12.9. The molecule has 0 spiro atoms. The van der Waals surface area contributed by atoms with Crippen LogP contribution in [0.4, 0.5) is 0 Å². The highest BCUT2D eigenvalue weighted by Crippen LogP contribution is 2.15. The predicted molar refractivity (Wildman–Crippen MR) is 113 cm³/mol. The van der Waals surface area contributed by atoms with Gasteiger partial charge in [0, 0.05) is 11.6 Å². The summed E-state index contributed by atoms with van der Waals surface area (Å²) in [6.45, 7) is 5.76. The van der Waals surface area contributed by atoms with Crippen molar-refractivity contribution in [3.8, 4) is 0 Å². The highest BCUT2D eigenvalue weighted by Gasteiger charge is 2.18. The molecule has 5 heteroatoms. The number of furan rings is 1. The predicted octanol–water partition coefficient (Wildman–Crippen LogP) is 4.54. The van der Waals surface area contributed by atoms with Gasteiger partial charge in [-0.3, -0.25) is 9.59 Å². The van der Waals surface area contributed by atoms with Crippen LogP contribution >= 0.6 is 0 Å². The van der Waals surface area contributed by atoms with Crippen molar-refractivity contribution in [2.24, 2.45) is 0 Å². The number of carbonyl (C=O) groups is 2. The van der Waals surface area contributed by atoms with Crippen LogP contribution in [0.25, 0.3) is 6.08 Å². The molecule has 2 aromatic carbocycles. The highest BCUT2D eigenvalue weighted by molar-refractivity contribution is 6.05.